The third kappa shape index (κ3) is 1.99. The van der Waals surface area contributed by atoms with Crippen molar-refractivity contribution in [3.05, 3.63) is 40.3 Å². The average Bonchev–Trinajstić information content (AvgIpc) is 2.28. The number of nitrogens with two attached hydrogens (primary N) is 1. The predicted molar refractivity (Wildman–Crippen MR) is 60.4 cm³/mol. The molecule has 1 aromatic carbocycles. The number of Topliss-reactive ketones (excluding diaryl/α,β-unsaturated/α-hetero) is 1. The molecule has 1 heterocycles. The van der Waals surface area contributed by atoms with Crippen molar-refractivity contribution in [2.24, 2.45) is 5.73 Å². The summed E-state index contributed by atoms with van der Waals surface area (Å²) in [6.45, 7) is 0.329. The quantitative estimate of drug-likeness (QED) is 0.731. The summed E-state index contributed by atoms with van der Waals surface area (Å²) in [4.78, 5) is 29.2. The molecule has 0 amide bonds. The van der Waals surface area contributed by atoms with Crippen LogP contribution in [-0.4, -0.2) is 22.3 Å². The first-order valence-electron chi connectivity index (χ1n) is 4.93. The Morgan fingerprint density at radius 3 is 3.00 bits per heavy atom. The fraction of sp³-hybridized carbons (Fsp3) is 0.182. The van der Waals surface area contributed by atoms with Crippen molar-refractivity contribution >= 4 is 16.8 Å². The summed E-state index contributed by atoms with van der Waals surface area (Å²) >= 11 is 0. The van der Waals surface area contributed by atoms with Gasteiger partial charge >= 0.3 is 0 Å². The van der Waals surface area contributed by atoms with Crippen LogP contribution in [-0.2, 0) is 0 Å². The Balaban J connectivity index is 2.48. The zero-order valence-electron chi connectivity index (χ0n) is 8.56. The number of carbonyl (C=O) groups is 1. The molecule has 0 spiro atoms. The number of aromatic amines is 1. The van der Waals surface area contributed by atoms with Crippen molar-refractivity contribution in [1.29, 1.82) is 0 Å². The van der Waals surface area contributed by atoms with Gasteiger partial charge in [0.1, 0.15) is 0 Å². The van der Waals surface area contributed by atoms with Gasteiger partial charge in [0.25, 0.3) is 5.56 Å². The molecular formula is C11H11N3O2. The summed E-state index contributed by atoms with van der Waals surface area (Å²) in [6, 6.07) is 4.99. The van der Waals surface area contributed by atoms with Crippen LogP contribution in [0.2, 0.25) is 0 Å². The first-order chi connectivity index (χ1) is 7.70. The van der Waals surface area contributed by atoms with Gasteiger partial charge in [-0.05, 0) is 24.7 Å². The van der Waals surface area contributed by atoms with E-state index in [0.717, 1.165) is 0 Å². The minimum Gasteiger partial charge on any atom is -0.330 e. The SMILES string of the molecule is NCCC(=O)c1ccc2[nH]c(=O)cnc2c1. The predicted octanol–water partition coefficient (Wildman–Crippen LogP) is 0.455. The van der Waals surface area contributed by atoms with Crippen LogP contribution in [0.25, 0.3) is 11.0 Å². The second kappa shape index (κ2) is 4.24. The van der Waals surface area contributed by atoms with Gasteiger partial charge in [0.05, 0.1) is 17.2 Å². The fourth-order valence-electron chi connectivity index (χ4n) is 1.49. The van der Waals surface area contributed by atoms with Gasteiger partial charge in [-0.1, -0.05) is 0 Å². The lowest BCUT2D eigenvalue weighted by atomic mass is 10.1. The van der Waals surface area contributed by atoms with Gasteiger partial charge < -0.3 is 10.7 Å². The average molecular weight is 217 g/mol. The van der Waals surface area contributed by atoms with E-state index in [1.165, 1.54) is 6.20 Å². The summed E-state index contributed by atoms with van der Waals surface area (Å²) in [6.07, 6.45) is 1.51. The van der Waals surface area contributed by atoms with E-state index in [2.05, 4.69) is 9.97 Å². The van der Waals surface area contributed by atoms with Gasteiger partial charge in [-0.2, -0.15) is 0 Å². The summed E-state index contributed by atoms with van der Waals surface area (Å²) in [7, 11) is 0. The van der Waals surface area contributed by atoms with Crippen LogP contribution in [0.15, 0.2) is 29.2 Å². The van der Waals surface area contributed by atoms with Crippen molar-refractivity contribution < 1.29 is 4.79 Å². The summed E-state index contributed by atoms with van der Waals surface area (Å²) in [5.74, 6) is -0.0163. The molecule has 5 heteroatoms. The Hall–Kier alpha value is -2.01. The van der Waals surface area contributed by atoms with Gasteiger partial charge in [0, 0.05) is 12.0 Å². The zero-order chi connectivity index (χ0) is 11.5. The molecule has 0 aliphatic heterocycles. The van der Waals surface area contributed by atoms with Crippen LogP contribution in [0, 0.1) is 0 Å². The molecule has 0 unspecified atom stereocenters. The fourth-order valence-corrected chi connectivity index (χ4v) is 1.49. The number of nitrogens with one attached hydrogen (secondary N) is 1. The van der Waals surface area contributed by atoms with E-state index in [1.807, 2.05) is 0 Å². The second-order valence-electron chi connectivity index (χ2n) is 3.44. The molecular weight excluding hydrogens is 206 g/mol. The van der Waals surface area contributed by atoms with Gasteiger partial charge in [-0.3, -0.25) is 9.59 Å². The summed E-state index contributed by atoms with van der Waals surface area (Å²) in [5.41, 5.74) is 6.85. The maximum absolute atomic E-state index is 11.6. The van der Waals surface area contributed by atoms with Crippen LogP contribution in [0.1, 0.15) is 16.8 Å². The van der Waals surface area contributed by atoms with Gasteiger partial charge in [-0.15, -0.1) is 0 Å². The molecule has 0 atom stereocenters. The smallest absolute Gasteiger partial charge is 0.266 e. The Bertz CT molecular complexity index is 589. The molecule has 3 N–H and O–H groups in total. The molecule has 0 fully saturated rings. The zero-order valence-corrected chi connectivity index (χ0v) is 8.56. The molecule has 0 aliphatic rings. The molecule has 5 nitrogen and oxygen atoms in total. The summed E-state index contributed by atoms with van der Waals surface area (Å²) < 4.78 is 0. The highest BCUT2D eigenvalue weighted by Gasteiger charge is 2.06. The van der Waals surface area contributed by atoms with Crippen molar-refractivity contribution in [3.8, 4) is 0 Å². The van der Waals surface area contributed by atoms with E-state index >= 15 is 0 Å². The molecule has 82 valence electrons. The number of hydrogen-bond acceptors (Lipinski definition) is 4. The number of benzene rings is 1. The third-order valence-electron chi connectivity index (χ3n) is 2.27. The van der Waals surface area contributed by atoms with E-state index in [-0.39, 0.29) is 11.3 Å². The maximum Gasteiger partial charge on any atom is 0.266 e. The first kappa shape index (κ1) is 10.5. The van der Waals surface area contributed by atoms with E-state index in [9.17, 15) is 9.59 Å². The minimum absolute atomic E-state index is 0.0163. The number of H-pyrrole nitrogens is 1. The monoisotopic (exact) mass is 217 g/mol. The highest BCUT2D eigenvalue weighted by atomic mass is 16.1. The van der Waals surface area contributed by atoms with E-state index < -0.39 is 0 Å². The van der Waals surface area contributed by atoms with Crippen molar-refractivity contribution in [2.45, 2.75) is 6.42 Å². The molecule has 0 radical (unpaired) electrons. The van der Waals surface area contributed by atoms with Gasteiger partial charge in [-0.25, -0.2) is 4.98 Å². The van der Waals surface area contributed by atoms with Crippen molar-refractivity contribution in [1.82, 2.24) is 9.97 Å². The van der Waals surface area contributed by atoms with Crippen LogP contribution in [0.3, 0.4) is 0 Å². The largest absolute Gasteiger partial charge is 0.330 e. The Kier molecular flexibility index (Phi) is 2.78. The summed E-state index contributed by atoms with van der Waals surface area (Å²) in [5, 5.41) is 0. The van der Waals surface area contributed by atoms with Gasteiger partial charge in [0.2, 0.25) is 0 Å². The van der Waals surface area contributed by atoms with E-state index in [1.54, 1.807) is 18.2 Å². The van der Waals surface area contributed by atoms with Crippen LogP contribution in [0.5, 0.6) is 0 Å². The highest BCUT2D eigenvalue weighted by molar-refractivity contribution is 5.98. The lowest BCUT2D eigenvalue weighted by molar-refractivity contribution is 0.0985. The molecule has 0 saturated heterocycles. The molecule has 16 heavy (non-hydrogen) atoms. The number of aromatic nitrogens is 2. The Morgan fingerprint density at radius 1 is 1.44 bits per heavy atom. The molecule has 2 rings (SSSR count). The Morgan fingerprint density at radius 2 is 2.25 bits per heavy atom. The molecule has 0 bridgehead atoms. The van der Waals surface area contributed by atoms with Crippen LogP contribution in [0.4, 0.5) is 0 Å². The lowest BCUT2D eigenvalue weighted by Crippen LogP contribution is -2.09. The molecule has 2 aromatic rings. The number of nitrogens with zero attached hydrogens (tertiary/aromatic N) is 1. The number of fused-ring (bicyclic) bond motifs is 1. The van der Waals surface area contributed by atoms with Gasteiger partial charge in [0.15, 0.2) is 5.78 Å². The molecule has 1 aromatic heterocycles. The second-order valence-corrected chi connectivity index (χ2v) is 3.44. The van der Waals surface area contributed by atoms with Crippen molar-refractivity contribution in [3.63, 3.8) is 0 Å². The maximum atomic E-state index is 11.6. The topological polar surface area (TPSA) is 88.8 Å². The number of ketones is 1. The molecule has 0 aliphatic carbocycles. The lowest BCUT2D eigenvalue weighted by Gasteiger charge is -2.01. The Labute approximate surface area is 91.3 Å². The van der Waals surface area contributed by atoms with Crippen molar-refractivity contribution in [2.75, 3.05) is 6.54 Å². The van der Waals surface area contributed by atoms with E-state index in [0.29, 0.717) is 29.6 Å². The molecule has 0 saturated carbocycles. The normalized spacial score (nSPS) is 10.6. The van der Waals surface area contributed by atoms with E-state index in [4.69, 9.17) is 5.73 Å². The minimum atomic E-state index is -0.256. The number of hydrogen-bond donors (Lipinski definition) is 2. The standard InChI is InChI=1S/C11H11N3O2/c12-4-3-10(15)7-1-2-8-9(5-7)13-6-11(16)14-8/h1-2,5-6H,3-4,12H2,(H,14,16). The van der Waals surface area contributed by atoms with Crippen LogP contribution >= 0.6 is 0 Å². The first-order valence-corrected chi connectivity index (χ1v) is 4.93. The number of carbonyl (C=O) groups excluding carboxylic acids is 1. The van der Waals surface area contributed by atoms with Crippen LogP contribution < -0.4 is 11.3 Å². The highest BCUT2D eigenvalue weighted by Crippen LogP contribution is 2.11. The third-order valence-corrected chi connectivity index (χ3v) is 2.27. The number of rotatable bonds is 3.